The van der Waals surface area contributed by atoms with Crippen molar-refractivity contribution in [3.63, 3.8) is 0 Å². The van der Waals surface area contributed by atoms with Gasteiger partial charge in [0, 0.05) is 31.5 Å². The molecule has 36 heavy (non-hydrogen) atoms. The van der Waals surface area contributed by atoms with Gasteiger partial charge in [0.15, 0.2) is 5.43 Å². The van der Waals surface area contributed by atoms with Crippen LogP contribution in [-0.4, -0.2) is 11.1 Å². The van der Waals surface area contributed by atoms with E-state index in [1.807, 2.05) is 0 Å². The molecule has 0 atom stereocenters. The zero-order chi connectivity index (χ0) is 26.0. The number of rotatable bonds is 20. The van der Waals surface area contributed by atoms with E-state index in [1.165, 1.54) is 128 Å². The minimum atomic E-state index is -0.494. The van der Waals surface area contributed by atoms with Crippen molar-refractivity contribution >= 4 is 16.9 Å². The molecule has 0 fully saturated rings. The van der Waals surface area contributed by atoms with Crippen molar-refractivity contribution in [3.05, 3.63) is 34.2 Å². The molecule has 202 valence electrons. The molecule has 0 radical (unpaired) electrons. The summed E-state index contributed by atoms with van der Waals surface area (Å²) in [6.07, 6.45) is 24.7. The maximum atomic E-state index is 12.4. The molecule has 5 heteroatoms. The molecule has 0 aliphatic heterocycles. The van der Waals surface area contributed by atoms with Crippen LogP contribution in [0.4, 0.5) is 0 Å². The molecule has 1 N–H and O–H groups in total. The molecule has 0 bridgehead atoms. The van der Waals surface area contributed by atoms with Crippen molar-refractivity contribution in [1.82, 2.24) is 0 Å². The second-order valence-electron chi connectivity index (χ2n) is 10.2. The number of phenolic OH excluding ortho intramolecular Hbond substituents is 1. The minimum Gasteiger partial charge on any atom is -0.507 e. The monoisotopic (exact) mass is 500 g/mol. The molecule has 1 heterocycles. The van der Waals surface area contributed by atoms with E-state index in [4.69, 9.17) is 9.15 Å². The third-order valence-corrected chi connectivity index (χ3v) is 6.87. The summed E-state index contributed by atoms with van der Waals surface area (Å²) in [5.41, 5.74) is -0.0308. The fraction of sp³-hybridized carbons (Fsp3) is 0.677. The molecule has 0 aliphatic carbocycles. The Labute approximate surface area is 217 Å². The van der Waals surface area contributed by atoms with E-state index in [2.05, 4.69) is 6.92 Å². The van der Waals surface area contributed by atoms with Gasteiger partial charge in [-0.1, -0.05) is 116 Å². The average molecular weight is 501 g/mol. The standard InChI is InChI=1S/C31H48O5/c1-3-4-5-6-7-8-9-10-11-12-13-14-15-16-17-18-19-20-21-26-22-28(33)31-29(34)23-27(35-25(2)32)24-30(31)36-26/h22-24,34H,3-21H2,1-2H3. The molecule has 0 saturated heterocycles. The number of fused-ring (bicyclic) bond motifs is 1. The molecule has 2 aromatic rings. The first kappa shape index (κ1) is 29.9. The molecule has 2 rings (SSSR count). The van der Waals surface area contributed by atoms with Crippen LogP contribution < -0.4 is 10.2 Å². The van der Waals surface area contributed by atoms with Crippen LogP contribution in [-0.2, 0) is 11.2 Å². The zero-order valence-corrected chi connectivity index (χ0v) is 22.7. The minimum absolute atomic E-state index is 0.118. The number of benzene rings is 1. The van der Waals surface area contributed by atoms with Crippen LogP contribution in [0.5, 0.6) is 11.5 Å². The lowest BCUT2D eigenvalue weighted by Crippen LogP contribution is -2.05. The highest BCUT2D eigenvalue weighted by Crippen LogP contribution is 2.29. The predicted molar refractivity (Wildman–Crippen MR) is 148 cm³/mol. The van der Waals surface area contributed by atoms with Gasteiger partial charge < -0.3 is 14.3 Å². The number of hydrogen-bond donors (Lipinski definition) is 1. The van der Waals surface area contributed by atoms with Crippen LogP contribution in [0.1, 0.15) is 135 Å². The third kappa shape index (κ3) is 12.1. The van der Waals surface area contributed by atoms with Crippen LogP contribution in [0.2, 0.25) is 0 Å². The normalized spacial score (nSPS) is 11.3. The third-order valence-electron chi connectivity index (χ3n) is 6.87. The van der Waals surface area contributed by atoms with Gasteiger partial charge in [0.05, 0.1) is 0 Å². The van der Waals surface area contributed by atoms with Gasteiger partial charge in [-0.3, -0.25) is 9.59 Å². The maximum Gasteiger partial charge on any atom is 0.308 e. The van der Waals surface area contributed by atoms with Crippen molar-refractivity contribution in [3.8, 4) is 11.5 Å². The van der Waals surface area contributed by atoms with Crippen LogP contribution in [0.15, 0.2) is 27.4 Å². The van der Waals surface area contributed by atoms with Crippen LogP contribution >= 0.6 is 0 Å². The summed E-state index contributed by atoms with van der Waals surface area (Å²) in [4.78, 5) is 23.6. The van der Waals surface area contributed by atoms with E-state index < -0.39 is 5.97 Å². The van der Waals surface area contributed by atoms with Crippen LogP contribution in [0.3, 0.4) is 0 Å². The molecule has 1 aromatic carbocycles. The summed E-state index contributed by atoms with van der Waals surface area (Å²) in [7, 11) is 0. The second kappa shape index (κ2) is 18.0. The van der Waals surface area contributed by atoms with Crippen molar-refractivity contribution in [2.45, 2.75) is 136 Å². The maximum absolute atomic E-state index is 12.4. The molecule has 0 spiro atoms. The fourth-order valence-corrected chi connectivity index (χ4v) is 4.84. The summed E-state index contributed by atoms with van der Waals surface area (Å²) < 4.78 is 10.8. The number of unbranched alkanes of at least 4 members (excludes halogenated alkanes) is 17. The Kier molecular flexibility index (Phi) is 15.0. The first-order valence-corrected chi connectivity index (χ1v) is 14.5. The molecule has 0 aliphatic rings. The van der Waals surface area contributed by atoms with Gasteiger partial charge in [-0.05, 0) is 6.42 Å². The SMILES string of the molecule is CCCCCCCCCCCCCCCCCCCCc1cc(=O)c2c(O)cc(OC(C)=O)cc2o1. The van der Waals surface area contributed by atoms with E-state index in [9.17, 15) is 14.7 Å². The van der Waals surface area contributed by atoms with Crippen molar-refractivity contribution in [1.29, 1.82) is 0 Å². The number of esters is 1. The Morgan fingerprint density at radius 2 is 1.22 bits per heavy atom. The van der Waals surface area contributed by atoms with E-state index in [1.54, 1.807) is 0 Å². The number of ether oxygens (including phenoxy) is 1. The fourth-order valence-electron chi connectivity index (χ4n) is 4.84. The molecule has 1 aromatic heterocycles. The smallest absolute Gasteiger partial charge is 0.308 e. The van der Waals surface area contributed by atoms with Gasteiger partial charge in [0.25, 0.3) is 0 Å². The van der Waals surface area contributed by atoms with Crippen molar-refractivity contribution < 1.29 is 19.1 Å². The molecule has 5 nitrogen and oxygen atoms in total. The number of aryl methyl sites for hydroxylation is 1. The average Bonchev–Trinajstić information content (AvgIpc) is 2.82. The lowest BCUT2D eigenvalue weighted by atomic mass is 10.0. The summed E-state index contributed by atoms with van der Waals surface area (Å²) in [6.45, 7) is 3.56. The summed E-state index contributed by atoms with van der Waals surface area (Å²) >= 11 is 0. The second-order valence-corrected chi connectivity index (χ2v) is 10.2. The van der Waals surface area contributed by atoms with Gasteiger partial charge in [0.2, 0.25) is 0 Å². The lowest BCUT2D eigenvalue weighted by Gasteiger charge is -2.07. The summed E-state index contributed by atoms with van der Waals surface area (Å²) in [5, 5.41) is 10.2. The summed E-state index contributed by atoms with van der Waals surface area (Å²) in [6, 6.07) is 4.20. The Bertz CT molecular complexity index is 946. The predicted octanol–water partition coefficient (Wildman–Crippen LogP) is 9.01. The largest absolute Gasteiger partial charge is 0.507 e. The van der Waals surface area contributed by atoms with Gasteiger partial charge in [-0.25, -0.2) is 0 Å². The number of hydrogen-bond acceptors (Lipinski definition) is 5. The zero-order valence-electron chi connectivity index (χ0n) is 22.7. The van der Waals surface area contributed by atoms with Crippen LogP contribution in [0.25, 0.3) is 11.0 Å². The van der Waals surface area contributed by atoms with Crippen molar-refractivity contribution in [2.75, 3.05) is 0 Å². The van der Waals surface area contributed by atoms with E-state index in [0.717, 1.165) is 12.8 Å². The Balaban J connectivity index is 1.51. The quantitative estimate of drug-likeness (QED) is 0.111. The van der Waals surface area contributed by atoms with Gasteiger partial charge in [-0.2, -0.15) is 0 Å². The first-order valence-electron chi connectivity index (χ1n) is 14.5. The molecular weight excluding hydrogens is 452 g/mol. The van der Waals surface area contributed by atoms with E-state index >= 15 is 0 Å². The van der Waals surface area contributed by atoms with Crippen molar-refractivity contribution in [2.24, 2.45) is 0 Å². The summed E-state index contributed by atoms with van der Waals surface area (Å²) in [5.74, 6) is 0.0348. The van der Waals surface area contributed by atoms with E-state index in [0.29, 0.717) is 12.2 Å². The number of phenols is 1. The lowest BCUT2D eigenvalue weighted by molar-refractivity contribution is -0.131. The number of carbonyl (C=O) groups excluding carboxylic acids is 1. The molecule has 0 saturated carbocycles. The Morgan fingerprint density at radius 3 is 1.69 bits per heavy atom. The molecular formula is C31H48O5. The van der Waals surface area contributed by atoms with Gasteiger partial charge in [0.1, 0.15) is 28.2 Å². The number of carbonyl (C=O) groups is 1. The highest BCUT2D eigenvalue weighted by atomic mass is 16.5. The van der Waals surface area contributed by atoms with Gasteiger partial charge >= 0.3 is 5.97 Å². The van der Waals surface area contributed by atoms with E-state index in [-0.39, 0.29) is 27.9 Å². The first-order chi connectivity index (χ1) is 17.5. The van der Waals surface area contributed by atoms with Crippen LogP contribution in [0, 0.1) is 0 Å². The molecule has 0 amide bonds. The Hall–Kier alpha value is -2.30. The van der Waals surface area contributed by atoms with Gasteiger partial charge in [-0.15, -0.1) is 0 Å². The Morgan fingerprint density at radius 1 is 0.750 bits per heavy atom. The molecule has 0 unspecified atom stereocenters. The topological polar surface area (TPSA) is 76.7 Å². The number of aromatic hydroxyl groups is 1. The highest BCUT2D eigenvalue weighted by molar-refractivity contribution is 5.85. The highest BCUT2D eigenvalue weighted by Gasteiger charge is 2.12.